The van der Waals surface area contributed by atoms with Crippen LogP contribution in [0.4, 0.5) is 0 Å². The number of carbonyl (C=O) groups excluding carboxylic acids is 1. The van der Waals surface area contributed by atoms with Gasteiger partial charge in [0.25, 0.3) is 0 Å². The standard InChI is InChI=1S/C14H27N3O/c1-11-6-5-7-15-13(11)14(18)16-10-12(2)17-8-3-4-9-17/h11-13,15H,3-10H2,1-2H3,(H,16,18). The Bertz CT molecular complexity index is 276. The van der Waals surface area contributed by atoms with Crippen molar-refractivity contribution in [1.82, 2.24) is 15.5 Å². The number of nitrogens with zero attached hydrogens (tertiary/aromatic N) is 1. The van der Waals surface area contributed by atoms with E-state index in [2.05, 4.69) is 29.4 Å². The maximum Gasteiger partial charge on any atom is 0.237 e. The molecule has 0 aromatic rings. The summed E-state index contributed by atoms with van der Waals surface area (Å²) in [6, 6.07) is 0.486. The molecule has 0 spiro atoms. The zero-order chi connectivity index (χ0) is 13.0. The fourth-order valence-electron chi connectivity index (χ4n) is 3.07. The van der Waals surface area contributed by atoms with Gasteiger partial charge in [0, 0.05) is 12.6 Å². The van der Waals surface area contributed by atoms with Gasteiger partial charge in [-0.1, -0.05) is 6.92 Å². The van der Waals surface area contributed by atoms with Gasteiger partial charge < -0.3 is 10.6 Å². The van der Waals surface area contributed by atoms with Gasteiger partial charge in [-0.15, -0.1) is 0 Å². The van der Waals surface area contributed by atoms with E-state index in [1.54, 1.807) is 0 Å². The van der Waals surface area contributed by atoms with Crippen molar-refractivity contribution in [2.75, 3.05) is 26.2 Å². The second-order valence-corrected chi connectivity index (χ2v) is 5.89. The number of carbonyl (C=O) groups is 1. The molecule has 4 heteroatoms. The quantitative estimate of drug-likeness (QED) is 0.785. The van der Waals surface area contributed by atoms with E-state index in [-0.39, 0.29) is 11.9 Å². The molecule has 3 unspecified atom stereocenters. The van der Waals surface area contributed by atoms with Gasteiger partial charge >= 0.3 is 0 Å². The predicted molar refractivity (Wildman–Crippen MR) is 73.5 cm³/mol. The van der Waals surface area contributed by atoms with Gasteiger partial charge in [0.1, 0.15) is 0 Å². The number of piperidine rings is 1. The Morgan fingerprint density at radius 2 is 2.11 bits per heavy atom. The van der Waals surface area contributed by atoms with Gasteiger partial charge in [0.2, 0.25) is 5.91 Å². The molecule has 0 bridgehead atoms. The average molecular weight is 253 g/mol. The van der Waals surface area contributed by atoms with Crippen molar-refractivity contribution in [3.63, 3.8) is 0 Å². The van der Waals surface area contributed by atoms with Crippen LogP contribution in [0.1, 0.15) is 39.5 Å². The molecule has 0 radical (unpaired) electrons. The topological polar surface area (TPSA) is 44.4 Å². The Morgan fingerprint density at radius 3 is 2.78 bits per heavy atom. The molecule has 0 aromatic heterocycles. The summed E-state index contributed by atoms with van der Waals surface area (Å²) >= 11 is 0. The van der Waals surface area contributed by atoms with Crippen LogP contribution in [-0.4, -0.2) is 49.1 Å². The minimum atomic E-state index is 0.0181. The maximum atomic E-state index is 12.1. The summed E-state index contributed by atoms with van der Waals surface area (Å²) in [6.07, 6.45) is 4.96. The lowest BCUT2D eigenvalue weighted by Crippen LogP contribution is -2.52. The summed E-state index contributed by atoms with van der Waals surface area (Å²) in [5, 5.41) is 6.45. The van der Waals surface area contributed by atoms with Crippen molar-refractivity contribution in [2.24, 2.45) is 5.92 Å². The molecule has 4 nitrogen and oxygen atoms in total. The van der Waals surface area contributed by atoms with Crippen molar-refractivity contribution >= 4 is 5.91 Å². The van der Waals surface area contributed by atoms with Gasteiger partial charge in [-0.25, -0.2) is 0 Å². The molecule has 2 saturated heterocycles. The molecule has 1 amide bonds. The fourth-order valence-corrected chi connectivity index (χ4v) is 3.07. The first kappa shape index (κ1) is 13.8. The molecule has 2 aliphatic rings. The first-order chi connectivity index (χ1) is 8.68. The van der Waals surface area contributed by atoms with Crippen LogP contribution in [0.2, 0.25) is 0 Å². The SMILES string of the molecule is CC1CCCNC1C(=O)NCC(C)N1CCCC1. The zero-order valence-electron chi connectivity index (χ0n) is 11.7. The number of nitrogens with one attached hydrogen (secondary N) is 2. The lowest BCUT2D eigenvalue weighted by atomic mass is 9.92. The van der Waals surface area contributed by atoms with Gasteiger partial charge in [-0.2, -0.15) is 0 Å². The van der Waals surface area contributed by atoms with Crippen LogP contribution in [0, 0.1) is 5.92 Å². The molecule has 2 N–H and O–H groups in total. The van der Waals surface area contributed by atoms with E-state index in [4.69, 9.17) is 0 Å². The number of rotatable bonds is 4. The minimum absolute atomic E-state index is 0.0181. The predicted octanol–water partition coefficient (Wildman–Crippen LogP) is 0.975. The smallest absolute Gasteiger partial charge is 0.237 e. The van der Waals surface area contributed by atoms with Crippen LogP contribution >= 0.6 is 0 Å². The lowest BCUT2D eigenvalue weighted by molar-refractivity contribution is -0.125. The van der Waals surface area contributed by atoms with E-state index in [0.29, 0.717) is 12.0 Å². The van der Waals surface area contributed by atoms with Crippen molar-refractivity contribution in [1.29, 1.82) is 0 Å². The first-order valence-corrected chi connectivity index (χ1v) is 7.43. The highest BCUT2D eigenvalue weighted by Gasteiger charge is 2.27. The van der Waals surface area contributed by atoms with Gasteiger partial charge in [-0.05, 0) is 58.2 Å². The van der Waals surface area contributed by atoms with E-state index >= 15 is 0 Å². The molecule has 0 aliphatic carbocycles. The molecule has 18 heavy (non-hydrogen) atoms. The number of amides is 1. The van der Waals surface area contributed by atoms with Crippen LogP contribution in [0.5, 0.6) is 0 Å². The monoisotopic (exact) mass is 253 g/mol. The third-order valence-corrected chi connectivity index (χ3v) is 4.39. The number of likely N-dealkylation sites (tertiary alicyclic amines) is 1. The zero-order valence-corrected chi connectivity index (χ0v) is 11.7. The fraction of sp³-hybridized carbons (Fsp3) is 0.929. The van der Waals surface area contributed by atoms with Crippen molar-refractivity contribution in [3.05, 3.63) is 0 Å². The average Bonchev–Trinajstić information content (AvgIpc) is 2.90. The van der Waals surface area contributed by atoms with E-state index in [9.17, 15) is 4.79 Å². The summed E-state index contributed by atoms with van der Waals surface area (Å²) in [5.41, 5.74) is 0. The summed E-state index contributed by atoms with van der Waals surface area (Å²) in [4.78, 5) is 14.6. The lowest BCUT2D eigenvalue weighted by Gasteiger charge is -2.30. The third kappa shape index (κ3) is 3.45. The maximum absolute atomic E-state index is 12.1. The molecule has 2 heterocycles. The van der Waals surface area contributed by atoms with Crippen LogP contribution in [0.3, 0.4) is 0 Å². The number of hydrogen-bond acceptors (Lipinski definition) is 3. The Labute approximate surface area is 110 Å². The summed E-state index contributed by atoms with van der Waals surface area (Å²) < 4.78 is 0. The molecule has 0 saturated carbocycles. The largest absolute Gasteiger partial charge is 0.353 e. The van der Waals surface area contributed by atoms with Crippen LogP contribution in [-0.2, 0) is 4.79 Å². The molecular weight excluding hydrogens is 226 g/mol. The molecule has 2 rings (SSSR count). The van der Waals surface area contributed by atoms with Crippen LogP contribution < -0.4 is 10.6 Å². The highest BCUT2D eigenvalue weighted by molar-refractivity contribution is 5.82. The summed E-state index contributed by atoms with van der Waals surface area (Å²) in [5.74, 6) is 0.647. The molecule has 3 atom stereocenters. The molecule has 104 valence electrons. The normalized spacial score (nSPS) is 31.2. The Balaban J connectivity index is 1.73. The second kappa shape index (κ2) is 6.53. The molecule has 2 fully saturated rings. The second-order valence-electron chi connectivity index (χ2n) is 5.89. The van der Waals surface area contributed by atoms with Crippen LogP contribution in [0.25, 0.3) is 0 Å². The minimum Gasteiger partial charge on any atom is -0.353 e. The van der Waals surface area contributed by atoms with Gasteiger partial charge in [0.15, 0.2) is 0 Å². The summed E-state index contributed by atoms with van der Waals surface area (Å²) in [6.45, 7) is 8.52. The molecular formula is C14H27N3O. The first-order valence-electron chi connectivity index (χ1n) is 7.43. The Morgan fingerprint density at radius 1 is 1.39 bits per heavy atom. The Kier molecular flexibility index (Phi) is 5.01. The highest BCUT2D eigenvalue weighted by Crippen LogP contribution is 2.16. The highest BCUT2D eigenvalue weighted by atomic mass is 16.2. The van der Waals surface area contributed by atoms with Gasteiger partial charge in [-0.3, -0.25) is 9.69 Å². The van der Waals surface area contributed by atoms with Crippen LogP contribution in [0.15, 0.2) is 0 Å². The molecule has 0 aromatic carbocycles. The van der Waals surface area contributed by atoms with Crippen molar-refractivity contribution < 1.29 is 4.79 Å². The summed E-state index contributed by atoms with van der Waals surface area (Å²) in [7, 11) is 0. The van der Waals surface area contributed by atoms with E-state index in [1.165, 1.54) is 32.4 Å². The third-order valence-electron chi connectivity index (χ3n) is 4.39. The van der Waals surface area contributed by atoms with E-state index in [1.807, 2.05) is 0 Å². The van der Waals surface area contributed by atoms with Crippen molar-refractivity contribution in [2.45, 2.75) is 51.6 Å². The van der Waals surface area contributed by atoms with E-state index in [0.717, 1.165) is 19.5 Å². The molecule has 2 aliphatic heterocycles. The van der Waals surface area contributed by atoms with Crippen molar-refractivity contribution in [3.8, 4) is 0 Å². The van der Waals surface area contributed by atoms with Gasteiger partial charge in [0.05, 0.1) is 6.04 Å². The number of hydrogen-bond donors (Lipinski definition) is 2. The van der Waals surface area contributed by atoms with E-state index < -0.39 is 0 Å². The Hall–Kier alpha value is -0.610.